The molecule has 12 heavy (non-hydrogen) atoms. The van der Waals surface area contributed by atoms with Crippen molar-refractivity contribution in [3.05, 3.63) is 0 Å². The number of hydrogen-bond acceptors (Lipinski definition) is 2. The molecule has 0 unspecified atom stereocenters. The Bertz CT molecular complexity index is 148. The van der Waals surface area contributed by atoms with Gasteiger partial charge in [-0.1, -0.05) is 33.1 Å². The minimum absolute atomic E-state index is 0.118. The summed E-state index contributed by atoms with van der Waals surface area (Å²) in [6.07, 6.45) is 5.89. The molecule has 1 aliphatic rings. The number of nitrogens with two attached hydrogens (primary N) is 1. The van der Waals surface area contributed by atoms with E-state index in [2.05, 4.69) is 13.8 Å². The van der Waals surface area contributed by atoms with Crippen LogP contribution in [0.1, 0.15) is 46.0 Å². The molecule has 0 amide bonds. The summed E-state index contributed by atoms with van der Waals surface area (Å²) in [6, 6.07) is 0. The van der Waals surface area contributed by atoms with E-state index in [1.54, 1.807) is 0 Å². The minimum atomic E-state index is -0.125. The normalized spacial score (nSPS) is 24.0. The van der Waals surface area contributed by atoms with Gasteiger partial charge in [-0.3, -0.25) is 0 Å². The van der Waals surface area contributed by atoms with Gasteiger partial charge in [0.2, 0.25) is 0 Å². The van der Waals surface area contributed by atoms with Gasteiger partial charge in [0.05, 0.1) is 0 Å². The van der Waals surface area contributed by atoms with Crippen LogP contribution in [0.25, 0.3) is 0 Å². The molecule has 0 heterocycles. The van der Waals surface area contributed by atoms with Crippen molar-refractivity contribution in [1.82, 2.24) is 0 Å². The van der Waals surface area contributed by atoms with E-state index >= 15 is 0 Å². The zero-order chi connectivity index (χ0) is 9.24. The Balaban J connectivity index is 2.68. The summed E-state index contributed by atoms with van der Waals surface area (Å²) in [5.74, 6) is 0. The predicted octanol–water partition coefficient (Wildman–Crippen LogP) is 1.67. The van der Waals surface area contributed by atoms with Gasteiger partial charge in [-0.2, -0.15) is 0 Å². The molecule has 2 heteroatoms. The van der Waals surface area contributed by atoms with Crippen LogP contribution >= 0.6 is 0 Å². The molecule has 0 aromatic rings. The molecule has 0 saturated heterocycles. The highest BCUT2D eigenvalue weighted by atomic mass is 16.3. The van der Waals surface area contributed by atoms with E-state index in [4.69, 9.17) is 5.73 Å². The number of hydrogen-bond donors (Lipinski definition) is 2. The largest absolute Gasteiger partial charge is 0.396 e. The third kappa shape index (κ3) is 1.64. The van der Waals surface area contributed by atoms with Gasteiger partial charge in [0, 0.05) is 17.6 Å². The van der Waals surface area contributed by atoms with Gasteiger partial charge >= 0.3 is 0 Å². The number of aliphatic hydroxyl groups excluding tert-OH is 1. The van der Waals surface area contributed by atoms with Crippen LogP contribution in [0.3, 0.4) is 0 Å². The maximum atomic E-state index is 9.23. The van der Waals surface area contributed by atoms with Crippen LogP contribution in [-0.2, 0) is 0 Å². The highest BCUT2D eigenvalue weighted by Crippen LogP contribution is 2.39. The summed E-state index contributed by atoms with van der Waals surface area (Å²) < 4.78 is 0. The first-order chi connectivity index (χ1) is 5.52. The van der Waals surface area contributed by atoms with Crippen molar-refractivity contribution in [2.24, 2.45) is 11.1 Å². The van der Waals surface area contributed by atoms with Crippen molar-refractivity contribution in [1.29, 1.82) is 0 Å². The first-order valence-corrected chi connectivity index (χ1v) is 4.92. The van der Waals surface area contributed by atoms with E-state index in [0.717, 1.165) is 12.8 Å². The van der Waals surface area contributed by atoms with E-state index in [-0.39, 0.29) is 17.6 Å². The van der Waals surface area contributed by atoms with E-state index in [0.29, 0.717) is 0 Å². The second kappa shape index (κ2) is 3.35. The summed E-state index contributed by atoms with van der Waals surface area (Å²) in [7, 11) is 0. The van der Waals surface area contributed by atoms with Crippen molar-refractivity contribution < 1.29 is 5.11 Å². The van der Waals surface area contributed by atoms with Gasteiger partial charge < -0.3 is 10.8 Å². The molecule has 72 valence electrons. The molecule has 0 aliphatic heterocycles. The van der Waals surface area contributed by atoms with Crippen LogP contribution in [0, 0.1) is 5.41 Å². The Labute approximate surface area is 75.2 Å². The molecule has 0 bridgehead atoms. The van der Waals surface area contributed by atoms with Gasteiger partial charge in [-0.25, -0.2) is 0 Å². The standard InChI is InChI=1S/C10H21NO/c1-9(2,8-12)10(11)6-4-3-5-7-10/h12H,3-8,11H2,1-2H3. The molecule has 2 nitrogen and oxygen atoms in total. The first kappa shape index (κ1) is 10.0. The van der Waals surface area contributed by atoms with Gasteiger partial charge in [-0.15, -0.1) is 0 Å². The second-order valence-corrected chi connectivity index (χ2v) is 4.76. The summed E-state index contributed by atoms with van der Waals surface area (Å²) in [5, 5.41) is 9.23. The molecule has 1 saturated carbocycles. The molecular formula is C10H21NO. The van der Waals surface area contributed by atoms with Crippen LogP contribution < -0.4 is 5.73 Å². The molecule has 0 radical (unpaired) electrons. The SMILES string of the molecule is CC(C)(CO)C1(N)CCCCC1. The summed E-state index contributed by atoms with van der Waals surface area (Å²) >= 11 is 0. The second-order valence-electron chi connectivity index (χ2n) is 4.76. The van der Waals surface area contributed by atoms with Crippen molar-refractivity contribution in [2.45, 2.75) is 51.5 Å². The lowest BCUT2D eigenvalue weighted by Gasteiger charge is -2.45. The molecule has 0 aromatic carbocycles. The molecule has 1 fully saturated rings. The Morgan fingerprint density at radius 1 is 1.25 bits per heavy atom. The molecule has 0 aromatic heterocycles. The van der Waals surface area contributed by atoms with E-state index in [1.165, 1.54) is 19.3 Å². The average Bonchev–Trinajstić information content (AvgIpc) is 2.06. The van der Waals surface area contributed by atoms with Gasteiger partial charge in [-0.05, 0) is 12.8 Å². The van der Waals surface area contributed by atoms with E-state index in [1.807, 2.05) is 0 Å². The fourth-order valence-electron chi connectivity index (χ4n) is 2.02. The van der Waals surface area contributed by atoms with Gasteiger partial charge in [0.15, 0.2) is 0 Å². The highest BCUT2D eigenvalue weighted by molar-refractivity contribution is 4.98. The maximum absolute atomic E-state index is 9.23. The Hall–Kier alpha value is -0.0800. The Kier molecular flexibility index (Phi) is 2.79. The summed E-state index contributed by atoms with van der Waals surface area (Å²) in [5.41, 5.74) is 6.04. The smallest absolute Gasteiger partial charge is 0.0499 e. The van der Waals surface area contributed by atoms with E-state index in [9.17, 15) is 5.11 Å². The van der Waals surface area contributed by atoms with Gasteiger partial charge in [0.25, 0.3) is 0 Å². The lowest BCUT2D eigenvalue weighted by Crippen LogP contribution is -2.55. The van der Waals surface area contributed by atoms with Crippen LogP contribution in [0.4, 0.5) is 0 Å². The van der Waals surface area contributed by atoms with E-state index < -0.39 is 0 Å². The third-order valence-electron chi connectivity index (χ3n) is 3.49. The van der Waals surface area contributed by atoms with Crippen LogP contribution in [0.5, 0.6) is 0 Å². The molecule has 0 atom stereocenters. The zero-order valence-electron chi connectivity index (χ0n) is 8.27. The van der Waals surface area contributed by atoms with Crippen molar-refractivity contribution in [3.8, 4) is 0 Å². The van der Waals surface area contributed by atoms with Crippen LogP contribution in [0.15, 0.2) is 0 Å². The fourth-order valence-corrected chi connectivity index (χ4v) is 2.02. The molecular weight excluding hydrogens is 150 g/mol. The monoisotopic (exact) mass is 171 g/mol. The average molecular weight is 171 g/mol. The third-order valence-corrected chi connectivity index (χ3v) is 3.49. The Morgan fingerprint density at radius 3 is 2.17 bits per heavy atom. The Morgan fingerprint density at radius 2 is 1.75 bits per heavy atom. The quantitative estimate of drug-likeness (QED) is 0.664. The fraction of sp³-hybridized carbons (Fsp3) is 1.00. The van der Waals surface area contributed by atoms with Crippen molar-refractivity contribution in [2.75, 3.05) is 6.61 Å². The van der Waals surface area contributed by atoms with Crippen LogP contribution in [-0.4, -0.2) is 17.3 Å². The molecule has 1 rings (SSSR count). The highest BCUT2D eigenvalue weighted by Gasteiger charge is 2.41. The van der Waals surface area contributed by atoms with Crippen molar-refractivity contribution in [3.63, 3.8) is 0 Å². The van der Waals surface area contributed by atoms with Crippen molar-refractivity contribution >= 4 is 0 Å². The number of aliphatic hydroxyl groups is 1. The summed E-state index contributed by atoms with van der Waals surface area (Å²) in [4.78, 5) is 0. The maximum Gasteiger partial charge on any atom is 0.0499 e. The van der Waals surface area contributed by atoms with Gasteiger partial charge in [0.1, 0.15) is 0 Å². The number of rotatable bonds is 2. The molecule has 1 aliphatic carbocycles. The lowest BCUT2D eigenvalue weighted by atomic mass is 9.65. The lowest BCUT2D eigenvalue weighted by molar-refractivity contribution is 0.0475. The molecule has 0 spiro atoms. The zero-order valence-corrected chi connectivity index (χ0v) is 8.27. The molecule has 3 N–H and O–H groups in total. The topological polar surface area (TPSA) is 46.2 Å². The first-order valence-electron chi connectivity index (χ1n) is 4.92. The predicted molar refractivity (Wildman–Crippen MR) is 50.9 cm³/mol. The minimum Gasteiger partial charge on any atom is -0.396 e. The van der Waals surface area contributed by atoms with Crippen LogP contribution in [0.2, 0.25) is 0 Å². The summed E-state index contributed by atoms with van der Waals surface area (Å²) in [6.45, 7) is 4.33.